The molecular weight excluding hydrogens is 220 g/mol. The number of carboxylic acids is 1. The monoisotopic (exact) mass is 236 g/mol. The molecule has 0 spiro atoms. The van der Waals surface area contributed by atoms with Gasteiger partial charge in [-0.25, -0.2) is 9.97 Å². The minimum atomic E-state index is -0.773. The molecule has 0 saturated heterocycles. The lowest BCUT2D eigenvalue weighted by atomic mass is 10.3. The van der Waals surface area contributed by atoms with Crippen LogP contribution in [0.3, 0.4) is 0 Å². The van der Waals surface area contributed by atoms with E-state index in [1.807, 2.05) is 6.07 Å². The fourth-order valence-electron chi connectivity index (χ4n) is 1.43. The van der Waals surface area contributed by atoms with Gasteiger partial charge in [-0.15, -0.1) is 0 Å². The zero-order valence-electron chi connectivity index (χ0n) is 9.52. The van der Waals surface area contributed by atoms with Crippen LogP contribution in [0.15, 0.2) is 12.4 Å². The van der Waals surface area contributed by atoms with Crippen LogP contribution >= 0.6 is 0 Å². The van der Waals surface area contributed by atoms with Crippen molar-refractivity contribution in [2.45, 2.75) is 31.7 Å². The Morgan fingerprint density at radius 3 is 2.88 bits per heavy atom. The van der Waals surface area contributed by atoms with E-state index < -0.39 is 5.97 Å². The zero-order chi connectivity index (χ0) is 12.1. The molecule has 3 N–H and O–H groups in total. The molecule has 1 saturated carbocycles. The number of anilines is 2. The summed E-state index contributed by atoms with van der Waals surface area (Å²) in [4.78, 5) is 18.5. The van der Waals surface area contributed by atoms with Crippen molar-refractivity contribution in [3.63, 3.8) is 0 Å². The smallest absolute Gasteiger partial charge is 0.303 e. The van der Waals surface area contributed by atoms with Crippen LogP contribution in [0.1, 0.15) is 25.7 Å². The van der Waals surface area contributed by atoms with Crippen LogP contribution < -0.4 is 10.6 Å². The second-order valence-electron chi connectivity index (χ2n) is 4.13. The molecular formula is C11H16N4O2. The van der Waals surface area contributed by atoms with Crippen molar-refractivity contribution in [3.05, 3.63) is 12.4 Å². The summed E-state index contributed by atoms with van der Waals surface area (Å²) in [6.45, 7) is 0.603. The van der Waals surface area contributed by atoms with Crippen molar-refractivity contribution in [1.29, 1.82) is 0 Å². The first-order valence-electron chi connectivity index (χ1n) is 5.78. The average molecular weight is 236 g/mol. The van der Waals surface area contributed by atoms with Crippen LogP contribution in [0, 0.1) is 0 Å². The Labute approximate surface area is 99.5 Å². The number of rotatable bonds is 7. The molecule has 1 heterocycles. The molecule has 0 unspecified atom stereocenters. The second-order valence-corrected chi connectivity index (χ2v) is 4.13. The van der Waals surface area contributed by atoms with Gasteiger partial charge in [0, 0.05) is 25.1 Å². The van der Waals surface area contributed by atoms with Crippen LogP contribution in [0.4, 0.5) is 11.6 Å². The first kappa shape index (κ1) is 11.6. The summed E-state index contributed by atoms with van der Waals surface area (Å²) in [6.07, 6.45) is 4.66. The Bertz CT molecular complexity index is 393. The number of carboxylic acid groups (broad SMARTS) is 1. The Morgan fingerprint density at radius 1 is 1.41 bits per heavy atom. The van der Waals surface area contributed by atoms with Gasteiger partial charge in [0.2, 0.25) is 0 Å². The normalized spacial score (nSPS) is 14.4. The van der Waals surface area contributed by atoms with Crippen molar-refractivity contribution >= 4 is 17.6 Å². The molecule has 0 atom stereocenters. The summed E-state index contributed by atoms with van der Waals surface area (Å²) >= 11 is 0. The van der Waals surface area contributed by atoms with Crippen LogP contribution in [-0.4, -0.2) is 33.6 Å². The maximum absolute atomic E-state index is 10.3. The standard InChI is InChI=1S/C11H16N4O2/c16-11(17)2-1-5-12-9-6-10(14-7-13-9)15-8-3-4-8/h6-8H,1-5H2,(H,16,17)(H2,12,13,14,15). The van der Waals surface area contributed by atoms with Crippen LogP contribution in [-0.2, 0) is 4.79 Å². The Kier molecular flexibility index (Phi) is 3.74. The maximum Gasteiger partial charge on any atom is 0.303 e. The number of nitrogens with zero attached hydrogens (tertiary/aromatic N) is 2. The minimum Gasteiger partial charge on any atom is -0.481 e. The highest BCUT2D eigenvalue weighted by Gasteiger charge is 2.21. The highest BCUT2D eigenvalue weighted by atomic mass is 16.4. The number of aromatic nitrogens is 2. The minimum absolute atomic E-state index is 0.172. The van der Waals surface area contributed by atoms with Gasteiger partial charge in [-0.1, -0.05) is 0 Å². The van der Waals surface area contributed by atoms with E-state index in [0.29, 0.717) is 19.0 Å². The molecule has 0 aromatic carbocycles. The fourth-order valence-corrected chi connectivity index (χ4v) is 1.43. The summed E-state index contributed by atoms with van der Waals surface area (Å²) in [7, 11) is 0. The molecule has 1 aliphatic rings. The maximum atomic E-state index is 10.3. The molecule has 0 aliphatic heterocycles. The number of carbonyl (C=O) groups is 1. The van der Waals surface area contributed by atoms with Crippen LogP contribution in [0.2, 0.25) is 0 Å². The highest BCUT2D eigenvalue weighted by Crippen LogP contribution is 2.24. The molecule has 17 heavy (non-hydrogen) atoms. The molecule has 1 aromatic heterocycles. The summed E-state index contributed by atoms with van der Waals surface area (Å²) < 4.78 is 0. The molecule has 1 aliphatic carbocycles. The van der Waals surface area contributed by atoms with Crippen molar-refractivity contribution in [3.8, 4) is 0 Å². The van der Waals surface area contributed by atoms with E-state index in [1.165, 1.54) is 19.2 Å². The summed E-state index contributed by atoms with van der Waals surface area (Å²) in [5, 5.41) is 14.9. The first-order valence-corrected chi connectivity index (χ1v) is 5.78. The lowest BCUT2D eigenvalue weighted by Crippen LogP contribution is -2.08. The predicted molar refractivity (Wildman–Crippen MR) is 64.0 cm³/mol. The molecule has 6 heteroatoms. The summed E-state index contributed by atoms with van der Waals surface area (Å²) in [5.41, 5.74) is 0. The van der Waals surface area contributed by atoms with Gasteiger partial charge in [-0.2, -0.15) is 0 Å². The quantitative estimate of drug-likeness (QED) is 0.619. The van der Waals surface area contributed by atoms with E-state index in [-0.39, 0.29) is 6.42 Å². The van der Waals surface area contributed by atoms with Gasteiger partial charge in [0.1, 0.15) is 18.0 Å². The molecule has 2 rings (SSSR count). The highest BCUT2D eigenvalue weighted by molar-refractivity contribution is 5.66. The van der Waals surface area contributed by atoms with Gasteiger partial charge in [0.15, 0.2) is 0 Å². The number of hydrogen-bond donors (Lipinski definition) is 3. The zero-order valence-corrected chi connectivity index (χ0v) is 9.52. The van der Waals surface area contributed by atoms with E-state index in [0.717, 1.165) is 11.6 Å². The van der Waals surface area contributed by atoms with Crippen molar-refractivity contribution < 1.29 is 9.90 Å². The molecule has 6 nitrogen and oxygen atoms in total. The number of aliphatic carboxylic acids is 1. The number of nitrogens with one attached hydrogen (secondary N) is 2. The molecule has 0 radical (unpaired) electrons. The lowest BCUT2D eigenvalue weighted by Gasteiger charge is -2.07. The molecule has 1 aromatic rings. The third kappa shape index (κ3) is 4.26. The van der Waals surface area contributed by atoms with Gasteiger partial charge in [-0.3, -0.25) is 4.79 Å². The van der Waals surface area contributed by atoms with E-state index in [9.17, 15) is 4.79 Å². The van der Waals surface area contributed by atoms with Crippen molar-refractivity contribution in [2.24, 2.45) is 0 Å². The van der Waals surface area contributed by atoms with E-state index in [2.05, 4.69) is 20.6 Å². The Balaban J connectivity index is 1.76. The summed E-state index contributed by atoms with van der Waals surface area (Å²) in [5.74, 6) is 0.780. The van der Waals surface area contributed by atoms with Crippen LogP contribution in [0.5, 0.6) is 0 Å². The largest absolute Gasteiger partial charge is 0.481 e. The van der Waals surface area contributed by atoms with Gasteiger partial charge in [0.25, 0.3) is 0 Å². The fraction of sp³-hybridized carbons (Fsp3) is 0.545. The lowest BCUT2D eigenvalue weighted by molar-refractivity contribution is -0.137. The average Bonchev–Trinajstić information content (AvgIpc) is 3.09. The van der Waals surface area contributed by atoms with Gasteiger partial charge >= 0.3 is 5.97 Å². The van der Waals surface area contributed by atoms with Gasteiger partial charge in [0.05, 0.1) is 0 Å². The number of hydrogen-bond acceptors (Lipinski definition) is 5. The second kappa shape index (κ2) is 5.47. The van der Waals surface area contributed by atoms with E-state index in [1.54, 1.807) is 0 Å². The third-order valence-corrected chi connectivity index (χ3v) is 2.47. The SMILES string of the molecule is O=C(O)CCCNc1cc(NC2CC2)ncn1. The molecule has 0 amide bonds. The molecule has 0 bridgehead atoms. The molecule has 92 valence electrons. The van der Waals surface area contributed by atoms with Crippen molar-refractivity contribution in [2.75, 3.05) is 17.2 Å². The Morgan fingerprint density at radius 2 is 2.18 bits per heavy atom. The van der Waals surface area contributed by atoms with Gasteiger partial charge in [-0.05, 0) is 19.3 Å². The van der Waals surface area contributed by atoms with Crippen LogP contribution in [0.25, 0.3) is 0 Å². The van der Waals surface area contributed by atoms with Crippen molar-refractivity contribution in [1.82, 2.24) is 9.97 Å². The van der Waals surface area contributed by atoms with E-state index >= 15 is 0 Å². The first-order chi connectivity index (χ1) is 8.24. The predicted octanol–water partition coefficient (Wildman–Crippen LogP) is 1.33. The third-order valence-electron chi connectivity index (χ3n) is 2.47. The molecule has 1 fully saturated rings. The topological polar surface area (TPSA) is 87.1 Å². The van der Waals surface area contributed by atoms with Gasteiger partial charge < -0.3 is 15.7 Å². The van der Waals surface area contributed by atoms with E-state index in [4.69, 9.17) is 5.11 Å². The summed E-state index contributed by atoms with van der Waals surface area (Å²) in [6, 6.07) is 2.41. The Hall–Kier alpha value is -1.85.